The zero-order chi connectivity index (χ0) is 29.5. The SMILES string of the molecule is C[C@@H](COc1ccnc2c1[C@H](C)CCC2)C[C@H]1Cc2ccccc2C12CCC(Nc1cc(Cl)ccc1F)(C(=O)O)CC2. The average Bonchev–Trinajstić information content (AvgIpc) is 3.27. The van der Waals surface area contributed by atoms with Crippen LogP contribution >= 0.6 is 11.6 Å². The fourth-order valence-corrected chi connectivity index (χ4v) is 8.24. The predicted molar refractivity (Wildman–Crippen MR) is 164 cm³/mol. The molecule has 0 amide bonds. The second-order valence-electron chi connectivity index (χ2n) is 13.0. The third-order valence-corrected chi connectivity index (χ3v) is 10.5. The molecule has 1 fully saturated rings. The number of ether oxygens (including phenoxy) is 1. The van der Waals surface area contributed by atoms with Crippen molar-refractivity contribution in [3.8, 4) is 5.75 Å². The molecule has 0 unspecified atom stereocenters. The normalized spacial score (nSPS) is 27.2. The number of carboxylic acid groups (broad SMARTS) is 1. The van der Waals surface area contributed by atoms with Gasteiger partial charge >= 0.3 is 5.97 Å². The number of fused-ring (bicyclic) bond motifs is 3. The van der Waals surface area contributed by atoms with E-state index >= 15 is 0 Å². The van der Waals surface area contributed by atoms with Crippen LogP contribution in [-0.4, -0.2) is 28.2 Å². The van der Waals surface area contributed by atoms with E-state index < -0.39 is 17.3 Å². The van der Waals surface area contributed by atoms with Gasteiger partial charge in [-0.3, -0.25) is 4.98 Å². The Morgan fingerprint density at radius 2 is 1.98 bits per heavy atom. The first-order valence-corrected chi connectivity index (χ1v) is 15.7. The molecule has 6 rings (SSSR count). The molecular formula is C35H40ClFN2O3. The highest BCUT2D eigenvalue weighted by atomic mass is 35.5. The third kappa shape index (κ3) is 5.27. The quantitative estimate of drug-likeness (QED) is 0.276. The zero-order valence-electron chi connectivity index (χ0n) is 24.5. The molecule has 1 heterocycles. The molecule has 1 saturated carbocycles. The van der Waals surface area contributed by atoms with Crippen molar-refractivity contribution in [2.75, 3.05) is 11.9 Å². The highest BCUT2D eigenvalue weighted by molar-refractivity contribution is 6.30. The topological polar surface area (TPSA) is 71.5 Å². The van der Waals surface area contributed by atoms with Gasteiger partial charge in [-0.25, -0.2) is 9.18 Å². The van der Waals surface area contributed by atoms with Crippen molar-refractivity contribution in [1.82, 2.24) is 4.98 Å². The fourth-order valence-electron chi connectivity index (χ4n) is 8.07. The molecular weight excluding hydrogens is 551 g/mol. The standard InChI is InChI=1S/C35H40ClFN2O3/c1-22(21-42-31-12-17-38-29-9-5-6-23(2)32(29)31)18-25-19-24-7-3-4-8-27(24)34(25)13-15-35(16-14-34,33(40)41)39-30-20-26(36)10-11-28(30)37/h3-4,7-8,10-12,17,20,22-23,25,39H,5-6,9,13-16,18-19,21H2,1-2H3,(H,40,41)/t22-,23-,25+,34?,35?/m1/s1. The summed E-state index contributed by atoms with van der Waals surface area (Å²) in [5.74, 6) is 0.708. The maximum atomic E-state index is 14.6. The molecule has 3 aliphatic carbocycles. The first-order valence-electron chi connectivity index (χ1n) is 15.4. The van der Waals surface area contributed by atoms with E-state index in [2.05, 4.69) is 48.4 Å². The summed E-state index contributed by atoms with van der Waals surface area (Å²) < 4.78 is 21.1. The lowest BCUT2D eigenvalue weighted by Gasteiger charge is -2.47. The minimum Gasteiger partial charge on any atom is -0.493 e. The second-order valence-corrected chi connectivity index (χ2v) is 13.4. The Balaban J connectivity index is 1.20. The molecule has 3 atom stereocenters. The molecule has 5 nitrogen and oxygen atoms in total. The molecule has 2 N–H and O–H groups in total. The number of benzene rings is 2. The molecule has 0 bridgehead atoms. The van der Waals surface area contributed by atoms with E-state index in [1.165, 1.54) is 53.4 Å². The number of carboxylic acids is 1. The van der Waals surface area contributed by atoms with Gasteiger partial charge in [0.15, 0.2) is 0 Å². The van der Waals surface area contributed by atoms with E-state index in [1.807, 2.05) is 12.3 Å². The molecule has 1 aromatic heterocycles. The maximum Gasteiger partial charge on any atom is 0.329 e. The molecule has 0 aliphatic heterocycles. The minimum absolute atomic E-state index is 0.108. The van der Waals surface area contributed by atoms with Crippen LogP contribution in [0.5, 0.6) is 5.75 Å². The van der Waals surface area contributed by atoms with Gasteiger partial charge in [0.05, 0.1) is 12.3 Å². The summed E-state index contributed by atoms with van der Waals surface area (Å²) in [5, 5.41) is 13.8. The van der Waals surface area contributed by atoms with Gasteiger partial charge < -0.3 is 15.2 Å². The summed E-state index contributed by atoms with van der Waals surface area (Å²) in [6.45, 7) is 5.17. The van der Waals surface area contributed by atoms with Gasteiger partial charge in [0.2, 0.25) is 0 Å². The van der Waals surface area contributed by atoms with Crippen molar-refractivity contribution < 1.29 is 19.0 Å². The monoisotopic (exact) mass is 590 g/mol. The fraction of sp³-hybridized carbons (Fsp3) is 0.486. The molecule has 1 spiro atoms. The van der Waals surface area contributed by atoms with Crippen LogP contribution in [0.3, 0.4) is 0 Å². The van der Waals surface area contributed by atoms with E-state index in [-0.39, 0.29) is 11.1 Å². The van der Waals surface area contributed by atoms with Crippen LogP contribution in [0.1, 0.15) is 87.1 Å². The summed E-state index contributed by atoms with van der Waals surface area (Å²) >= 11 is 6.12. The number of halogens is 2. The zero-order valence-corrected chi connectivity index (χ0v) is 25.2. The van der Waals surface area contributed by atoms with Crippen LogP contribution in [0.2, 0.25) is 5.02 Å². The van der Waals surface area contributed by atoms with Crippen LogP contribution in [0.4, 0.5) is 10.1 Å². The van der Waals surface area contributed by atoms with Crippen LogP contribution in [-0.2, 0) is 23.1 Å². The number of aliphatic carboxylic acids is 1. The molecule has 222 valence electrons. The summed E-state index contributed by atoms with van der Waals surface area (Å²) in [5.41, 5.74) is 3.97. The van der Waals surface area contributed by atoms with Crippen LogP contribution in [0.25, 0.3) is 0 Å². The van der Waals surface area contributed by atoms with Crippen molar-refractivity contribution in [2.45, 2.75) is 88.5 Å². The number of nitrogens with zero attached hydrogens (tertiary/aromatic N) is 1. The lowest BCUT2D eigenvalue weighted by atomic mass is 9.59. The van der Waals surface area contributed by atoms with Gasteiger partial charge in [0.1, 0.15) is 17.1 Å². The maximum absolute atomic E-state index is 14.6. The summed E-state index contributed by atoms with van der Waals surface area (Å²) in [4.78, 5) is 17.3. The highest BCUT2D eigenvalue weighted by Crippen LogP contribution is 2.56. The van der Waals surface area contributed by atoms with Crippen molar-refractivity contribution >= 4 is 23.3 Å². The van der Waals surface area contributed by atoms with Crippen molar-refractivity contribution in [1.29, 1.82) is 0 Å². The molecule has 0 saturated heterocycles. The number of hydrogen-bond acceptors (Lipinski definition) is 4. The Morgan fingerprint density at radius 3 is 2.76 bits per heavy atom. The minimum atomic E-state index is -1.25. The summed E-state index contributed by atoms with van der Waals surface area (Å²) in [7, 11) is 0. The van der Waals surface area contributed by atoms with Gasteiger partial charge in [-0.05, 0) is 116 Å². The Hall–Kier alpha value is -3.12. The number of hydrogen-bond donors (Lipinski definition) is 2. The number of aromatic nitrogens is 1. The van der Waals surface area contributed by atoms with E-state index in [4.69, 9.17) is 16.3 Å². The van der Waals surface area contributed by atoms with E-state index in [0.29, 0.717) is 42.2 Å². The molecule has 2 aromatic carbocycles. The Bertz CT molecular complexity index is 1470. The first-order chi connectivity index (χ1) is 20.2. The number of nitrogens with one attached hydrogen (secondary N) is 1. The summed E-state index contributed by atoms with van der Waals surface area (Å²) in [6, 6.07) is 14.9. The lowest BCUT2D eigenvalue weighted by molar-refractivity contribution is -0.144. The highest BCUT2D eigenvalue weighted by Gasteiger charge is 2.54. The number of anilines is 1. The second kappa shape index (κ2) is 11.5. The number of pyridine rings is 1. The first kappa shape index (κ1) is 29.0. The van der Waals surface area contributed by atoms with Crippen LogP contribution in [0.15, 0.2) is 54.7 Å². The van der Waals surface area contributed by atoms with E-state index in [1.54, 1.807) is 0 Å². The molecule has 3 aromatic rings. The number of carbonyl (C=O) groups is 1. The average molecular weight is 591 g/mol. The van der Waals surface area contributed by atoms with Crippen LogP contribution in [0, 0.1) is 17.7 Å². The van der Waals surface area contributed by atoms with Gasteiger partial charge in [-0.2, -0.15) is 0 Å². The van der Waals surface area contributed by atoms with Gasteiger partial charge in [0.25, 0.3) is 0 Å². The Labute approximate surface area is 252 Å². The van der Waals surface area contributed by atoms with Crippen molar-refractivity contribution in [3.05, 3.63) is 88.0 Å². The Kier molecular flexibility index (Phi) is 7.95. The van der Waals surface area contributed by atoms with Gasteiger partial charge in [-0.15, -0.1) is 0 Å². The van der Waals surface area contributed by atoms with E-state index in [0.717, 1.165) is 37.9 Å². The number of aryl methyl sites for hydroxylation is 1. The largest absolute Gasteiger partial charge is 0.493 e. The lowest BCUT2D eigenvalue weighted by Crippen LogP contribution is -2.53. The molecule has 3 aliphatic rings. The third-order valence-electron chi connectivity index (χ3n) is 10.3. The van der Waals surface area contributed by atoms with Gasteiger partial charge in [-0.1, -0.05) is 49.7 Å². The molecule has 0 radical (unpaired) electrons. The smallest absolute Gasteiger partial charge is 0.329 e. The van der Waals surface area contributed by atoms with Crippen LogP contribution < -0.4 is 10.1 Å². The van der Waals surface area contributed by atoms with Gasteiger partial charge in [0, 0.05) is 22.5 Å². The summed E-state index contributed by atoms with van der Waals surface area (Å²) in [6.07, 6.45) is 9.48. The molecule has 7 heteroatoms. The predicted octanol–water partition coefficient (Wildman–Crippen LogP) is 8.34. The number of rotatable bonds is 8. The van der Waals surface area contributed by atoms with Crippen molar-refractivity contribution in [2.24, 2.45) is 11.8 Å². The van der Waals surface area contributed by atoms with Crippen molar-refractivity contribution in [3.63, 3.8) is 0 Å². The Morgan fingerprint density at radius 1 is 1.19 bits per heavy atom. The molecule has 42 heavy (non-hydrogen) atoms. The van der Waals surface area contributed by atoms with E-state index in [9.17, 15) is 14.3 Å².